The van der Waals surface area contributed by atoms with E-state index >= 15 is 0 Å². The smallest absolute Gasteiger partial charge is 0.233 e. The highest BCUT2D eigenvalue weighted by Gasteiger charge is 2.47. The van der Waals surface area contributed by atoms with Crippen LogP contribution in [-0.4, -0.2) is 41.9 Å². The first kappa shape index (κ1) is 20.4. The van der Waals surface area contributed by atoms with E-state index in [1.165, 1.54) is 4.90 Å². The summed E-state index contributed by atoms with van der Waals surface area (Å²) in [5, 5.41) is 3.06. The first-order valence-electron chi connectivity index (χ1n) is 10.5. The van der Waals surface area contributed by atoms with E-state index in [0.29, 0.717) is 25.0 Å². The van der Waals surface area contributed by atoms with Gasteiger partial charge in [-0.1, -0.05) is 12.2 Å². The molecular weight excluding hydrogens is 384 g/mol. The van der Waals surface area contributed by atoms with Gasteiger partial charge in [0.2, 0.25) is 17.7 Å². The summed E-state index contributed by atoms with van der Waals surface area (Å²) in [4.78, 5) is 39.2. The van der Waals surface area contributed by atoms with Crippen LogP contribution < -0.4 is 14.8 Å². The zero-order chi connectivity index (χ0) is 21.5. The van der Waals surface area contributed by atoms with E-state index in [2.05, 4.69) is 5.32 Å². The number of benzene rings is 1. The molecule has 30 heavy (non-hydrogen) atoms. The summed E-state index contributed by atoms with van der Waals surface area (Å²) in [6.07, 6.45) is 5.82. The number of allylic oxidation sites excluding steroid dienone is 2. The summed E-state index contributed by atoms with van der Waals surface area (Å²) in [5.41, 5.74) is 0.441. The number of ether oxygens (including phenoxy) is 2. The van der Waals surface area contributed by atoms with E-state index < -0.39 is 5.60 Å². The van der Waals surface area contributed by atoms with Crippen molar-refractivity contribution in [1.29, 1.82) is 0 Å². The fraction of sp³-hybridized carbons (Fsp3) is 0.522. The molecule has 0 bridgehead atoms. The lowest BCUT2D eigenvalue weighted by molar-refractivity contribution is -0.140. The molecule has 1 aromatic carbocycles. The molecule has 0 radical (unpaired) electrons. The van der Waals surface area contributed by atoms with Crippen LogP contribution in [-0.2, 0) is 14.4 Å². The second-order valence-corrected chi connectivity index (χ2v) is 8.82. The van der Waals surface area contributed by atoms with E-state index in [1.54, 1.807) is 7.11 Å². The molecule has 2 aliphatic heterocycles. The number of imide groups is 1. The Hall–Kier alpha value is -2.83. The van der Waals surface area contributed by atoms with Crippen LogP contribution in [0.25, 0.3) is 0 Å². The van der Waals surface area contributed by atoms with E-state index in [-0.39, 0.29) is 48.6 Å². The van der Waals surface area contributed by atoms with Crippen molar-refractivity contribution in [2.45, 2.75) is 51.2 Å². The number of carbonyl (C=O) groups excluding carboxylic acids is 3. The van der Waals surface area contributed by atoms with Gasteiger partial charge in [-0.05, 0) is 44.9 Å². The van der Waals surface area contributed by atoms with Gasteiger partial charge in [0.05, 0.1) is 25.0 Å². The Labute approximate surface area is 176 Å². The zero-order valence-corrected chi connectivity index (χ0v) is 17.6. The Bertz CT molecular complexity index is 881. The summed E-state index contributed by atoms with van der Waals surface area (Å²) < 4.78 is 11.4. The molecule has 3 atom stereocenters. The fourth-order valence-electron chi connectivity index (χ4n) is 4.66. The predicted octanol–water partition coefficient (Wildman–Crippen LogP) is 2.75. The third-order valence-corrected chi connectivity index (χ3v) is 6.17. The molecule has 2 heterocycles. The van der Waals surface area contributed by atoms with Crippen molar-refractivity contribution >= 4 is 17.7 Å². The lowest BCUT2D eigenvalue weighted by Gasteiger charge is -2.38. The Morgan fingerprint density at radius 3 is 2.50 bits per heavy atom. The van der Waals surface area contributed by atoms with Gasteiger partial charge in [-0.2, -0.15) is 0 Å². The van der Waals surface area contributed by atoms with Gasteiger partial charge in [-0.3, -0.25) is 19.3 Å². The normalized spacial score (nSPS) is 26.6. The molecule has 0 spiro atoms. The molecule has 1 unspecified atom stereocenters. The summed E-state index contributed by atoms with van der Waals surface area (Å²) in [5.74, 6) is 0.399. The molecule has 3 amide bonds. The van der Waals surface area contributed by atoms with Crippen molar-refractivity contribution in [1.82, 2.24) is 10.2 Å². The number of nitrogens with zero attached hydrogens (tertiary/aromatic N) is 1. The largest absolute Gasteiger partial charge is 0.497 e. The summed E-state index contributed by atoms with van der Waals surface area (Å²) in [7, 11) is 1.60. The van der Waals surface area contributed by atoms with Crippen molar-refractivity contribution in [2.75, 3.05) is 13.7 Å². The van der Waals surface area contributed by atoms with Crippen molar-refractivity contribution < 1.29 is 23.9 Å². The number of amides is 3. The second-order valence-electron chi connectivity index (χ2n) is 8.82. The molecule has 3 aliphatic rings. The van der Waals surface area contributed by atoms with E-state index in [0.717, 1.165) is 11.3 Å². The number of hydrogen-bond acceptors (Lipinski definition) is 5. The average molecular weight is 412 g/mol. The molecule has 7 heteroatoms. The SMILES string of the molecule is COc1ccc2c(c1)C(NC(=O)CCN1C(=O)[C@H]3CC=CC[C@H]3C1=O)CC(C)(C)O2. The summed E-state index contributed by atoms with van der Waals surface area (Å²) in [6, 6.07) is 5.33. The Morgan fingerprint density at radius 1 is 1.20 bits per heavy atom. The van der Waals surface area contributed by atoms with Crippen LogP contribution in [0.5, 0.6) is 11.5 Å². The Morgan fingerprint density at radius 2 is 1.87 bits per heavy atom. The van der Waals surface area contributed by atoms with Gasteiger partial charge in [-0.15, -0.1) is 0 Å². The lowest BCUT2D eigenvalue weighted by atomic mass is 9.85. The van der Waals surface area contributed by atoms with Gasteiger partial charge in [0.15, 0.2) is 0 Å². The van der Waals surface area contributed by atoms with Crippen LogP contribution in [0.1, 0.15) is 51.1 Å². The van der Waals surface area contributed by atoms with Crippen molar-refractivity contribution in [3.05, 3.63) is 35.9 Å². The predicted molar refractivity (Wildman–Crippen MR) is 110 cm³/mol. The maximum Gasteiger partial charge on any atom is 0.233 e. The minimum Gasteiger partial charge on any atom is -0.497 e. The average Bonchev–Trinajstić information content (AvgIpc) is 2.96. The highest BCUT2D eigenvalue weighted by atomic mass is 16.5. The lowest BCUT2D eigenvalue weighted by Crippen LogP contribution is -2.42. The van der Waals surface area contributed by atoms with Gasteiger partial charge >= 0.3 is 0 Å². The number of carbonyl (C=O) groups is 3. The topological polar surface area (TPSA) is 84.9 Å². The van der Waals surface area contributed by atoms with Gasteiger partial charge in [0.1, 0.15) is 17.1 Å². The molecule has 1 saturated heterocycles. The fourth-order valence-corrected chi connectivity index (χ4v) is 4.66. The molecule has 0 saturated carbocycles. The molecule has 160 valence electrons. The third kappa shape index (κ3) is 3.80. The number of rotatable bonds is 5. The highest BCUT2D eigenvalue weighted by Crippen LogP contribution is 2.41. The van der Waals surface area contributed by atoms with E-state index in [9.17, 15) is 14.4 Å². The van der Waals surface area contributed by atoms with Gasteiger partial charge in [0.25, 0.3) is 0 Å². The van der Waals surface area contributed by atoms with Gasteiger partial charge in [-0.25, -0.2) is 0 Å². The van der Waals surface area contributed by atoms with E-state index in [1.807, 2.05) is 44.2 Å². The van der Waals surface area contributed by atoms with Crippen LogP contribution in [0.2, 0.25) is 0 Å². The Kier molecular flexibility index (Phi) is 5.30. The number of nitrogens with one attached hydrogen (secondary N) is 1. The molecule has 0 aromatic heterocycles. The number of fused-ring (bicyclic) bond motifs is 2. The minimum atomic E-state index is -0.427. The molecule has 1 aliphatic carbocycles. The quantitative estimate of drug-likeness (QED) is 0.594. The van der Waals surface area contributed by atoms with Crippen molar-refractivity contribution in [3.63, 3.8) is 0 Å². The van der Waals surface area contributed by atoms with Crippen LogP contribution in [0, 0.1) is 11.8 Å². The highest BCUT2D eigenvalue weighted by molar-refractivity contribution is 6.05. The first-order valence-corrected chi connectivity index (χ1v) is 10.5. The molecule has 1 N–H and O–H groups in total. The summed E-state index contributed by atoms with van der Waals surface area (Å²) >= 11 is 0. The molecule has 7 nitrogen and oxygen atoms in total. The zero-order valence-electron chi connectivity index (χ0n) is 17.6. The van der Waals surface area contributed by atoms with Crippen LogP contribution in [0.15, 0.2) is 30.4 Å². The van der Waals surface area contributed by atoms with Gasteiger partial charge < -0.3 is 14.8 Å². The number of likely N-dealkylation sites (tertiary alicyclic amines) is 1. The maximum atomic E-state index is 12.7. The first-order chi connectivity index (χ1) is 14.3. The summed E-state index contributed by atoms with van der Waals surface area (Å²) in [6.45, 7) is 4.08. The molecule has 1 aromatic rings. The third-order valence-electron chi connectivity index (χ3n) is 6.17. The van der Waals surface area contributed by atoms with Crippen LogP contribution >= 0.6 is 0 Å². The molecule has 4 rings (SSSR count). The Balaban J connectivity index is 1.42. The second kappa shape index (κ2) is 7.78. The number of hydrogen-bond donors (Lipinski definition) is 1. The van der Waals surface area contributed by atoms with Crippen LogP contribution in [0.3, 0.4) is 0 Å². The minimum absolute atomic E-state index is 0.0848. The van der Waals surface area contributed by atoms with E-state index in [4.69, 9.17) is 9.47 Å². The van der Waals surface area contributed by atoms with Crippen molar-refractivity contribution in [2.24, 2.45) is 11.8 Å². The maximum absolute atomic E-state index is 12.7. The van der Waals surface area contributed by atoms with Crippen molar-refractivity contribution in [3.8, 4) is 11.5 Å². The molecular formula is C23H28N2O5. The van der Waals surface area contributed by atoms with Gasteiger partial charge in [0, 0.05) is 24.9 Å². The van der Waals surface area contributed by atoms with Crippen LogP contribution in [0.4, 0.5) is 0 Å². The standard InChI is InChI=1S/C23H28N2O5/c1-23(2)13-18(17-12-14(29-3)8-9-19(17)30-23)24-20(26)10-11-25-21(27)15-6-4-5-7-16(15)22(25)28/h4-5,8-9,12,15-16,18H,6-7,10-11,13H2,1-3H3,(H,24,26)/t15-,16+,18?. The number of methoxy groups -OCH3 is 1. The monoisotopic (exact) mass is 412 g/mol. The molecule has 1 fully saturated rings.